The van der Waals surface area contributed by atoms with Crippen LogP contribution in [0.15, 0.2) is 39.9 Å². The molecule has 1 aromatic heterocycles. The number of nitro benzene ring substituents is 1. The fourth-order valence-corrected chi connectivity index (χ4v) is 4.71. The van der Waals surface area contributed by atoms with Crippen molar-refractivity contribution in [3.8, 4) is 0 Å². The normalized spacial score (nSPS) is 13.7. The molecule has 2 aromatic carbocycles. The lowest BCUT2D eigenvalue weighted by molar-refractivity contribution is -0.385. The van der Waals surface area contributed by atoms with Crippen LogP contribution >= 0.6 is 0 Å². The van der Waals surface area contributed by atoms with Gasteiger partial charge in [0.2, 0.25) is 0 Å². The molecule has 1 N–H and O–H groups in total. The van der Waals surface area contributed by atoms with Gasteiger partial charge in [0.1, 0.15) is 0 Å². The molecule has 0 atom stereocenters. The Hall–Kier alpha value is -3.95. The van der Waals surface area contributed by atoms with Gasteiger partial charge >= 0.3 is 11.1 Å². The summed E-state index contributed by atoms with van der Waals surface area (Å²) in [5.41, 5.74) is 1.75. The lowest BCUT2D eigenvalue weighted by Gasteiger charge is -2.31. The molecule has 0 saturated carbocycles. The summed E-state index contributed by atoms with van der Waals surface area (Å²) in [5, 5.41) is 14.3. The lowest BCUT2D eigenvalue weighted by atomic mass is 10.1. The first kappa shape index (κ1) is 24.2. The molecule has 2 heterocycles. The van der Waals surface area contributed by atoms with E-state index in [1.807, 2.05) is 13.0 Å². The van der Waals surface area contributed by atoms with Gasteiger partial charge < -0.3 is 19.4 Å². The average molecular weight is 480 g/mol. The van der Waals surface area contributed by atoms with Crippen LogP contribution in [0.25, 0.3) is 11.0 Å². The number of nitrogens with zero attached hydrogens (tertiary/aromatic N) is 4. The smallest absolute Gasteiger partial charge is 0.316 e. The maximum Gasteiger partial charge on any atom is 0.316 e. The van der Waals surface area contributed by atoms with Crippen LogP contribution in [0, 0.1) is 17.0 Å². The highest BCUT2D eigenvalue weighted by molar-refractivity contribution is 6.07. The maximum atomic E-state index is 13.2. The van der Waals surface area contributed by atoms with Gasteiger partial charge in [-0.3, -0.25) is 24.5 Å². The van der Waals surface area contributed by atoms with Crippen LogP contribution in [0.3, 0.4) is 0 Å². The Bertz CT molecular complexity index is 1430. The van der Waals surface area contributed by atoms with Gasteiger partial charge in [0, 0.05) is 43.4 Å². The molecule has 0 radical (unpaired) electrons. The predicted molar refractivity (Wildman–Crippen MR) is 136 cm³/mol. The van der Waals surface area contributed by atoms with Gasteiger partial charge in [0.05, 0.1) is 27.3 Å². The number of nitrogens with one attached hydrogen (secondary N) is 1. The summed E-state index contributed by atoms with van der Waals surface area (Å²) in [5.74, 6) is -0.486. The summed E-state index contributed by atoms with van der Waals surface area (Å²) in [4.78, 5) is 51.7. The Balaban J connectivity index is 1.90. The topological polar surface area (TPSA) is 119 Å². The van der Waals surface area contributed by atoms with E-state index in [9.17, 15) is 24.5 Å². The number of hydrogen-bond donors (Lipinski definition) is 1. The maximum absolute atomic E-state index is 13.2. The number of aryl methyl sites for hydroxylation is 3. The number of hydrogen-bond acceptors (Lipinski definition) is 6. The average Bonchev–Trinajstić information content (AvgIpc) is 2.85. The first-order valence-electron chi connectivity index (χ1n) is 11.9. The first-order chi connectivity index (χ1) is 16.8. The Labute approximate surface area is 201 Å². The number of rotatable bonds is 6. The minimum absolute atomic E-state index is 0.126. The second-order valence-electron chi connectivity index (χ2n) is 8.72. The fourth-order valence-electron chi connectivity index (χ4n) is 4.71. The van der Waals surface area contributed by atoms with Crippen molar-refractivity contribution in [2.75, 3.05) is 23.3 Å². The highest BCUT2D eigenvalue weighted by Crippen LogP contribution is 2.33. The van der Waals surface area contributed by atoms with E-state index in [4.69, 9.17) is 0 Å². The molecule has 0 unspecified atom stereocenters. The van der Waals surface area contributed by atoms with Gasteiger partial charge in [-0.25, -0.2) is 0 Å². The zero-order valence-electron chi connectivity index (χ0n) is 20.2. The van der Waals surface area contributed by atoms with Gasteiger partial charge in [-0.05, 0) is 58.2 Å². The summed E-state index contributed by atoms with van der Waals surface area (Å²) in [6.07, 6.45) is 3.13. The van der Waals surface area contributed by atoms with Gasteiger partial charge in [-0.1, -0.05) is 6.07 Å². The number of benzene rings is 2. The Morgan fingerprint density at radius 3 is 2.14 bits per heavy atom. The third kappa shape index (κ3) is 4.43. The van der Waals surface area contributed by atoms with Gasteiger partial charge in [0.25, 0.3) is 11.6 Å². The largest absolute Gasteiger partial charge is 0.370 e. The van der Waals surface area contributed by atoms with E-state index in [0.29, 0.717) is 35.4 Å². The van der Waals surface area contributed by atoms with E-state index in [2.05, 4.69) is 10.2 Å². The monoisotopic (exact) mass is 479 g/mol. The summed E-state index contributed by atoms with van der Waals surface area (Å²) in [6.45, 7) is 7.47. The molecule has 10 nitrogen and oxygen atoms in total. The molecule has 35 heavy (non-hydrogen) atoms. The van der Waals surface area contributed by atoms with Crippen LogP contribution in [0.5, 0.6) is 0 Å². The van der Waals surface area contributed by atoms with Crippen molar-refractivity contribution in [2.24, 2.45) is 0 Å². The molecule has 1 saturated heterocycles. The van der Waals surface area contributed by atoms with E-state index >= 15 is 0 Å². The standard InChI is InChI=1S/C25H29N5O5/c1-4-28-21-14-18(26-23(31)17-10-9-16(3)19(13-17)30(34)35)20(27-11-7-6-8-12-27)15-22(21)29(5-2)25(33)24(28)32/h9-10,13-15H,4-8,11-12H2,1-3H3,(H,26,31). The number of amides is 1. The molecule has 1 aliphatic rings. The summed E-state index contributed by atoms with van der Waals surface area (Å²) in [6, 6.07) is 7.97. The highest BCUT2D eigenvalue weighted by atomic mass is 16.6. The Morgan fingerprint density at radius 2 is 1.57 bits per heavy atom. The molecule has 1 amide bonds. The summed E-state index contributed by atoms with van der Waals surface area (Å²) in [7, 11) is 0. The molecule has 4 rings (SSSR count). The lowest BCUT2D eigenvalue weighted by Crippen LogP contribution is -2.41. The third-order valence-corrected chi connectivity index (χ3v) is 6.59. The van der Waals surface area contributed by atoms with Crippen molar-refractivity contribution >= 4 is 34.0 Å². The second-order valence-corrected chi connectivity index (χ2v) is 8.72. The Morgan fingerprint density at radius 1 is 0.971 bits per heavy atom. The number of carbonyl (C=O) groups excluding carboxylic acids is 1. The zero-order chi connectivity index (χ0) is 25.3. The SMILES string of the molecule is CCn1c(=O)c(=O)n(CC)c2cc(N3CCCCC3)c(NC(=O)c3ccc(C)c([N+](=O)[O-])c3)cc21. The van der Waals surface area contributed by atoms with Crippen molar-refractivity contribution in [1.29, 1.82) is 0 Å². The van der Waals surface area contributed by atoms with E-state index in [0.717, 1.165) is 38.0 Å². The number of nitro groups is 1. The van der Waals surface area contributed by atoms with E-state index < -0.39 is 21.9 Å². The highest BCUT2D eigenvalue weighted by Gasteiger charge is 2.22. The minimum Gasteiger partial charge on any atom is -0.370 e. The van der Waals surface area contributed by atoms with Crippen molar-refractivity contribution < 1.29 is 9.72 Å². The Kier molecular flexibility index (Phi) is 6.72. The van der Waals surface area contributed by atoms with Gasteiger partial charge in [-0.15, -0.1) is 0 Å². The van der Waals surface area contributed by atoms with Gasteiger partial charge in [-0.2, -0.15) is 0 Å². The van der Waals surface area contributed by atoms with Crippen LogP contribution < -0.4 is 21.3 Å². The molecule has 1 aliphatic heterocycles. The molecule has 184 valence electrons. The third-order valence-electron chi connectivity index (χ3n) is 6.59. The number of piperidine rings is 1. The van der Waals surface area contributed by atoms with Crippen LogP contribution in [0.4, 0.5) is 17.1 Å². The summed E-state index contributed by atoms with van der Waals surface area (Å²) < 4.78 is 2.88. The number of carbonyl (C=O) groups is 1. The molecule has 0 spiro atoms. The van der Waals surface area contributed by atoms with Crippen LogP contribution in [-0.2, 0) is 13.1 Å². The molecule has 3 aromatic rings. The quantitative estimate of drug-likeness (QED) is 0.327. The van der Waals surface area contributed by atoms with Crippen LogP contribution in [-0.4, -0.2) is 33.1 Å². The molecular formula is C25H29N5O5. The van der Waals surface area contributed by atoms with E-state index in [1.54, 1.807) is 32.0 Å². The van der Waals surface area contributed by atoms with Crippen molar-refractivity contribution in [3.05, 3.63) is 72.3 Å². The minimum atomic E-state index is -0.612. The van der Waals surface area contributed by atoms with Gasteiger partial charge in [0.15, 0.2) is 0 Å². The van der Waals surface area contributed by atoms with Crippen molar-refractivity contribution in [3.63, 3.8) is 0 Å². The number of aromatic nitrogens is 2. The van der Waals surface area contributed by atoms with Crippen molar-refractivity contribution in [1.82, 2.24) is 9.13 Å². The van der Waals surface area contributed by atoms with Crippen LogP contribution in [0.1, 0.15) is 49.0 Å². The predicted octanol–water partition coefficient (Wildman–Crippen LogP) is 3.66. The second kappa shape index (κ2) is 9.73. The molecule has 0 aliphatic carbocycles. The fraction of sp³-hybridized carbons (Fsp3) is 0.400. The molecular weight excluding hydrogens is 450 g/mol. The van der Waals surface area contributed by atoms with Crippen molar-refractivity contribution in [2.45, 2.75) is 53.1 Å². The van der Waals surface area contributed by atoms with Crippen LogP contribution in [0.2, 0.25) is 0 Å². The van der Waals surface area contributed by atoms with E-state index in [1.165, 1.54) is 15.2 Å². The molecule has 10 heteroatoms. The number of anilines is 2. The first-order valence-corrected chi connectivity index (χ1v) is 11.9. The zero-order valence-corrected chi connectivity index (χ0v) is 20.2. The molecule has 0 bridgehead atoms. The molecule has 1 fully saturated rings. The number of fused-ring (bicyclic) bond motifs is 1. The van der Waals surface area contributed by atoms with E-state index in [-0.39, 0.29) is 11.3 Å². The summed E-state index contributed by atoms with van der Waals surface area (Å²) >= 11 is 0.